The first-order valence-corrected chi connectivity index (χ1v) is 15.2. The van der Waals surface area contributed by atoms with Gasteiger partial charge in [-0.25, -0.2) is 4.57 Å². The molecule has 0 aliphatic rings. The molecule has 0 aromatic rings. The van der Waals surface area contributed by atoms with E-state index in [1.807, 2.05) is 0 Å². The van der Waals surface area contributed by atoms with Crippen molar-refractivity contribution in [1.29, 1.82) is 0 Å². The molecule has 0 radical (unpaired) electrons. The van der Waals surface area contributed by atoms with Gasteiger partial charge in [0.15, 0.2) is 6.10 Å². The average molecular weight is 536 g/mol. The van der Waals surface area contributed by atoms with Crippen LogP contribution in [0.3, 0.4) is 0 Å². The lowest BCUT2D eigenvalue weighted by Gasteiger charge is -2.19. The molecule has 10 heteroatoms. The Labute approximate surface area is 218 Å². The smallest absolute Gasteiger partial charge is 0.462 e. The number of carbonyl (C=O) groups is 2. The molecule has 0 aromatic carbocycles. The minimum atomic E-state index is -4.35. The Morgan fingerprint density at radius 3 is 2.08 bits per heavy atom. The molecule has 3 N–H and O–H groups in total. The second-order valence-electron chi connectivity index (χ2n) is 8.91. The Morgan fingerprint density at radius 1 is 0.806 bits per heavy atom. The SMILES string of the molecule is CCC/C=C\CCCCCCCC(=O)OC(COC(=O)CCCCCCC)COP(=O)(O)OCCN. The third-order valence-corrected chi connectivity index (χ3v) is 6.37. The lowest BCUT2D eigenvalue weighted by molar-refractivity contribution is -0.161. The first kappa shape index (κ1) is 34.8. The first-order chi connectivity index (χ1) is 17.3. The Balaban J connectivity index is 4.39. The highest BCUT2D eigenvalue weighted by atomic mass is 31.2. The van der Waals surface area contributed by atoms with E-state index in [-0.39, 0.29) is 32.6 Å². The van der Waals surface area contributed by atoms with Crippen LogP contribution in [0.5, 0.6) is 0 Å². The monoisotopic (exact) mass is 535 g/mol. The molecule has 0 saturated carbocycles. The van der Waals surface area contributed by atoms with Gasteiger partial charge in [-0.3, -0.25) is 18.6 Å². The molecule has 0 aliphatic carbocycles. The highest BCUT2D eigenvalue weighted by molar-refractivity contribution is 7.47. The lowest BCUT2D eigenvalue weighted by atomic mass is 10.1. The molecule has 212 valence electrons. The van der Waals surface area contributed by atoms with E-state index in [1.165, 1.54) is 6.42 Å². The molecular formula is C26H50NO8P. The van der Waals surface area contributed by atoms with Crippen LogP contribution in [0.2, 0.25) is 0 Å². The van der Waals surface area contributed by atoms with Crippen LogP contribution < -0.4 is 5.73 Å². The Hall–Kier alpha value is -1.25. The normalized spacial score (nSPS) is 14.0. The first-order valence-electron chi connectivity index (χ1n) is 13.7. The Morgan fingerprint density at radius 2 is 1.42 bits per heavy atom. The van der Waals surface area contributed by atoms with Crippen LogP contribution in [0.1, 0.15) is 110 Å². The summed E-state index contributed by atoms with van der Waals surface area (Å²) in [7, 11) is -4.35. The van der Waals surface area contributed by atoms with Crippen molar-refractivity contribution in [2.24, 2.45) is 5.73 Å². The van der Waals surface area contributed by atoms with Gasteiger partial charge in [0.2, 0.25) is 0 Å². The van der Waals surface area contributed by atoms with Crippen molar-refractivity contribution < 1.29 is 37.6 Å². The summed E-state index contributed by atoms with van der Waals surface area (Å²) in [5.74, 6) is -0.860. The number of unbranched alkanes of at least 4 members (excludes halogenated alkanes) is 10. The van der Waals surface area contributed by atoms with Gasteiger partial charge < -0.3 is 20.1 Å². The fourth-order valence-corrected chi connectivity index (χ4v) is 4.10. The van der Waals surface area contributed by atoms with E-state index in [0.717, 1.165) is 70.6 Å². The Bertz CT molecular complexity index is 629. The number of esters is 2. The van der Waals surface area contributed by atoms with Crippen molar-refractivity contribution in [1.82, 2.24) is 0 Å². The van der Waals surface area contributed by atoms with Crippen LogP contribution in [-0.2, 0) is 32.7 Å². The van der Waals surface area contributed by atoms with Crippen molar-refractivity contribution >= 4 is 19.8 Å². The lowest BCUT2D eigenvalue weighted by Crippen LogP contribution is -2.29. The molecule has 0 heterocycles. The minimum absolute atomic E-state index is 0.0533. The molecule has 0 bridgehead atoms. The number of allylic oxidation sites excluding steroid dienone is 2. The van der Waals surface area contributed by atoms with Gasteiger partial charge in [0.25, 0.3) is 0 Å². The van der Waals surface area contributed by atoms with E-state index < -0.39 is 32.5 Å². The van der Waals surface area contributed by atoms with E-state index in [4.69, 9.17) is 24.3 Å². The number of hydrogen-bond acceptors (Lipinski definition) is 8. The molecule has 2 atom stereocenters. The van der Waals surface area contributed by atoms with Gasteiger partial charge in [-0.2, -0.15) is 0 Å². The molecule has 0 saturated heterocycles. The van der Waals surface area contributed by atoms with E-state index in [0.29, 0.717) is 6.42 Å². The molecule has 0 aromatic heterocycles. The average Bonchev–Trinajstić information content (AvgIpc) is 2.85. The quantitative estimate of drug-likeness (QED) is 0.0626. The molecule has 36 heavy (non-hydrogen) atoms. The van der Waals surface area contributed by atoms with Crippen molar-refractivity contribution in [3.8, 4) is 0 Å². The van der Waals surface area contributed by atoms with E-state index in [2.05, 4.69) is 26.0 Å². The number of ether oxygens (including phenoxy) is 2. The van der Waals surface area contributed by atoms with Crippen LogP contribution in [0.15, 0.2) is 12.2 Å². The predicted molar refractivity (Wildman–Crippen MR) is 141 cm³/mol. The van der Waals surface area contributed by atoms with E-state index in [9.17, 15) is 19.0 Å². The van der Waals surface area contributed by atoms with Gasteiger partial charge in [-0.05, 0) is 32.1 Å². The fraction of sp³-hybridized carbons (Fsp3) is 0.846. The van der Waals surface area contributed by atoms with Crippen LogP contribution in [-0.4, -0.2) is 49.3 Å². The zero-order chi connectivity index (χ0) is 26.9. The number of rotatable bonds is 25. The zero-order valence-corrected chi connectivity index (χ0v) is 23.4. The Kier molecular flexibility index (Phi) is 23.3. The van der Waals surface area contributed by atoms with E-state index >= 15 is 0 Å². The number of hydrogen-bond donors (Lipinski definition) is 2. The number of nitrogens with two attached hydrogens (primary N) is 1. The third-order valence-electron chi connectivity index (χ3n) is 5.38. The highest BCUT2D eigenvalue weighted by Crippen LogP contribution is 2.43. The topological polar surface area (TPSA) is 134 Å². The third kappa shape index (κ3) is 23.2. The summed E-state index contributed by atoms with van der Waals surface area (Å²) in [4.78, 5) is 34.0. The van der Waals surface area contributed by atoms with Gasteiger partial charge in [-0.15, -0.1) is 0 Å². The maximum atomic E-state index is 12.3. The predicted octanol–water partition coefficient (Wildman–Crippen LogP) is 5.98. The molecule has 9 nitrogen and oxygen atoms in total. The van der Waals surface area contributed by atoms with Crippen LogP contribution in [0.4, 0.5) is 0 Å². The summed E-state index contributed by atoms with van der Waals surface area (Å²) in [5, 5.41) is 0. The van der Waals surface area contributed by atoms with Crippen molar-refractivity contribution in [2.45, 2.75) is 116 Å². The second-order valence-corrected chi connectivity index (χ2v) is 10.4. The van der Waals surface area contributed by atoms with Gasteiger partial charge >= 0.3 is 19.8 Å². The fourth-order valence-electron chi connectivity index (χ4n) is 3.34. The molecule has 0 fully saturated rings. The maximum absolute atomic E-state index is 12.3. The summed E-state index contributed by atoms with van der Waals surface area (Å²) < 4.78 is 32.1. The molecule has 0 aliphatic heterocycles. The van der Waals surface area contributed by atoms with Crippen LogP contribution in [0.25, 0.3) is 0 Å². The maximum Gasteiger partial charge on any atom is 0.472 e. The minimum Gasteiger partial charge on any atom is -0.462 e. The molecule has 0 amide bonds. The summed E-state index contributed by atoms with van der Waals surface area (Å²) in [6.07, 6.45) is 17.2. The standard InChI is InChI=1S/C26H50NO8P/c1-3-5-7-9-10-11-12-13-15-17-19-26(29)35-24(23-34-36(30,31)33-21-20-27)22-32-25(28)18-16-14-8-6-4-2/h7,9,24H,3-6,8,10-23,27H2,1-2H3,(H,30,31)/b9-7-. The second kappa shape index (κ2) is 24.1. The summed E-state index contributed by atoms with van der Waals surface area (Å²) >= 11 is 0. The molecule has 0 spiro atoms. The zero-order valence-electron chi connectivity index (χ0n) is 22.5. The van der Waals surface area contributed by atoms with Crippen molar-refractivity contribution in [3.63, 3.8) is 0 Å². The van der Waals surface area contributed by atoms with Gasteiger partial charge in [0, 0.05) is 19.4 Å². The van der Waals surface area contributed by atoms with Gasteiger partial charge in [-0.1, -0.05) is 77.4 Å². The molecule has 0 rings (SSSR count). The number of phosphoric acid groups is 1. The molecule has 2 unspecified atom stereocenters. The number of carbonyl (C=O) groups excluding carboxylic acids is 2. The largest absolute Gasteiger partial charge is 0.472 e. The van der Waals surface area contributed by atoms with Crippen LogP contribution in [0, 0.1) is 0 Å². The highest BCUT2D eigenvalue weighted by Gasteiger charge is 2.25. The van der Waals surface area contributed by atoms with Crippen molar-refractivity contribution in [2.75, 3.05) is 26.4 Å². The van der Waals surface area contributed by atoms with Crippen LogP contribution >= 0.6 is 7.82 Å². The van der Waals surface area contributed by atoms with Gasteiger partial charge in [0.05, 0.1) is 13.2 Å². The van der Waals surface area contributed by atoms with Gasteiger partial charge in [0.1, 0.15) is 6.61 Å². The van der Waals surface area contributed by atoms with Crippen molar-refractivity contribution in [3.05, 3.63) is 12.2 Å². The van der Waals surface area contributed by atoms with E-state index in [1.54, 1.807) is 0 Å². The number of phosphoric ester groups is 1. The molecular weight excluding hydrogens is 485 g/mol. The summed E-state index contributed by atoms with van der Waals surface area (Å²) in [6.45, 7) is 3.51. The summed E-state index contributed by atoms with van der Waals surface area (Å²) in [6, 6.07) is 0. The summed E-state index contributed by atoms with van der Waals surface area (Å²) in [5.41, 5.74) is 5.27.